The maximum absolute atomic E-state index is 13.8. The van der Waals surface area contributed by atoms with Gasteiger partial charge in [0, 0.05) is 31.9 Å². The molecule has 0 bridgehead atoms. The van der Waals surface area contributed by atoms with E-state index in [2.05, 4.69) is 25.0 Å². The Morgan fingerprint density at radius 3 is 1.36 bits per heavy atom. The van der Waals surface area contributed by atoms with Crippen molar-refractivity contribution in [3.05, 3.63) is 101 Å². The summed E-state index contributed by atoms with van der Waals surface area (Å²) >= 11 is 0. The van der Waals surface area contributed by atoms with Crippen molar-refractivity contribution in [3.63, 3.8) is 0 Å². The number of para-hydroxylation sites is 1. The normalized spacial score (nSPS) is 20.8. The number of methoxy groups -OCH3 is 2. The van der Waals surface area contributed by atoms with Gasteiger partial charge in [-0.1, -0.05) is 66.7 Å². The van der Waals surface area contributed by atoms with Gasteiger partial charge in [-0.3, -0.25) is 19.2 Å². The van der Waals surface area contributed by atoms with Crippen molar-refractivity contribution in [2.75, 3.05) is 32.2 Å². The Kier molecular flexibility index (Phi) is 13.8. The Labute approximate surface area is 342 Å². The number of benzene rings is 3. The van der Waals surface area contributed by atoms with Gasteiger partial charge in [-0.05, 0) is 73.9 Å². The third-order valence-electron chi connectivity index (χ3n) is 11.3. The molecule has 0 radical (unpaired) electrons. The second-order valence-electron chi connectivity index (χ2n) is 14.9. The summed E-state index contributed by atoms with van der Waals surface area (Å²) in [7, 11) is 2.28. The lowest BCUT2D eigenvalue weighted by Gasteiger charge is -2.39. The summed E-state index contributed by atoms with van der Waals surface area (Å²) in [6, 6.07) is 21.4. The van der Waals surface area contributed by atoms with Crippen molar-refractivity contribution in [1.82, 2.24) is 20.4 Å². The third-order valence-corrected chi connectivity index (χ3v) is 11.3. The first kappa shape index (κ1) is 43.9. The van der Waals surface area contributed by atoms with Crippen LogP contribution in [0.2, 0.25) is 0 Å². The van der Waals surface area contributed by atoms with Crippen molar-refractivity contribution in [2.24, 2.45) is 11.5 Å². The van der Waals surface area contributed by atoms with Crippen LogP contribution in [0, 0.1) is 0 Å². The largest absolute Gasteiger partial charge is 0.453 e. The minimum atomic E-state index is -1.52. The molecule has 316 valence electrons. The number of primary amides is 2. The Balaban J connectivity index is 1.40. The number of aliphatic hydroxyl groups is 2. The third kappa shape index (κ3) is 8.95. The minimum absolute atomic E-state index is 0.181. The average Bonchev–Trinajstić information content (AvgIpc) is 3.89. The molecule has 3 aromatic carbocycles. The van der Waals surface area contributed by atoms with Gasteiger partial charge in [-0.25, -0.2) is 9.59 Å². The molecule has 17 heteroatoms. The molecule has 0 saturated carbocycles. The van der Waals surface area contributed by atoms with Crippen molar-refractivity contribution < 1.29 is 48.5 Å². The minimum Gasteiger partial charge on any atom is -0.453 e. The van der Waals surface area contributed by atoms with Gasteiger partial charge in [-0.2, -0.15) is 0 Å². The SMILES string of the molecule is COC(=O)N[C@H](C(=O)N1CCC[C@@]1(C(N)=O)c1ccc(CN(Cc2ccc([C@]3(C(N)=O)CCCN3C(=O)[C@@H](NC(=O)OC)[C@H](C)O)cc2)c2ccccc2)cc1)[C@H](C)O. The van der Waals surface area contributed by atoms with Gasteiger partial charge in [0.1, 0.15) is 23.2 Å². The lowest BCUT2D eigenvalue weighted by molar-refractivity contribution is -0.147. The van der Waals surface area contributed by atoms with E-state index in [1.165, 1.54) is 23.6 Å². The number of carbonyl (C=O) groups excluding carboxylic acids is 6. The first-order valence-electron chi connectivity index (χ1n) is 19.4. The molecule has 2 saturated heterocycles. The standard InChI is InChI=1S/C42H53N7O10/c1-26(50)33(45-39(56)58-3)35(52)48-22-8-20-41(48,37(43)54)30-16-12-28(13-17-30)24-47(32-10-6-5-7-11-32)25-29-14-18-31(19-15-29)42(38(44)55)21-9-23-49(42)36(53)34(27(2)51)46-40(57)59-4/h5-7,10-19,26-27,33-34,50-51H,8-9,20-25H2,1-4H3,(H2,43,54)(H2,44,55)(H,45,56)(H,46,57)/t26-,27-,33-,34-,41-,42-/m0/s1. The molecule has 2 fully saturated rings. The van der Waals surface area contributed by atoms with Crippen LogP contribution in [0.25, 0.3) is 0 Å². The number of hydrogen-bond acceptors (Lipinski definition) is 11. The van der Waals surface area contributed by atoms with Crippen molar-refractivity contribution in [1.29, 1.82) is 0 Å². The predicted octanol–water partition coefficient (Wildman–Crippen LogP) is 1.71. The lowest BCUT2D eigenvalue weighted by atomic mass is 9.85. The maximum atomic E-state index is 13.8. The van der Waals surface area contributed by atoms with Crippen LogP contribution in [0.15, 0.2) is 78.9 Å². The summed E-state index contributed by atoms with van der Waals surface area (Å²) in [6.07, 6.45) is -2.96. The summed E-state index contributed by atoms with van der Waals surface area (Å²) in [5.41, 5.74) is 12.7. The van der Waals surface area contributed by atoms with E-state index in [1.54, 1.807) is 24.3 Å². The van der Waals surface area contributed by atoms with Crippen LogP contribution < -0.4 is 27.0 Å². The molecule has 3 aromatic rings. The monoisotopic (exact) mass is 815 g/mol. The number of ether oxygens (including phenoxy) is 2. The highest BCUT2D eigenvalue weighted by Gasteiger charge is 2.53. The Hall–Kier alpha value is -6.20. The van der Waals surface area contributed by atoms with E-state index in [4.69, 9.17) is 11.5 Å². The highest BCUT2D eigenvalue weighted by molar-refractivity contribution is 5.96. The summed E-state index contributed by atoms with van der Waals surface area (Å²) in [5.74, 6) is -2.81. The molecule has 2 heterocycles. The molecule has 6 atom stereocenters. The molecule has 0 spiro atoms. The molecule has 0 aliphatic carbocycles. The van der Waals surface area contributed by atoms with Gasteiger partial charge >= 0.3 is 12.2 Å². The van der Waals surface area contributed by atoms with E-state index in [0.29, 0.717) is 37.1 Å². The number of hydrogen-bond donors (Lipinski definition) is 6. The van der Waals surface area contributed by atoms with Gasteiger partial charge < -0.3 is 56.5 Å². The molecule has 6 amide bonds. The van der Waals surface area contributed by atoms with Crippen molar-refractivity contribution in [3.8, 4) is 0 Å². The number of likely N-dealkylation sites (tertiary alicyclic amines) is 2. The number of rotatable bonds is 15. The molecule has 17 nitrogen and oxygen atoms in total. The van der Waals surface area contributed by atoms with Crippen LogP contribution in [-0.4, -0.2) is 107 Å². The Morgan fingerprint density at radius 1 is 0.661 bits per heavy atom. The molecule has 59 heavy (non-hydrogen) atoms. The van der Waals surface area contributed by atoms with E-state index in [1.807, 2.05) is 54.6 Å². The number of nitrogens with two attached hydrogens (primary N) is 2. The van der Waals surface area contributed by atoms with Crippen molar-refractivity contribution in [2.45, 2.75) is 88.0 Å². The number of nitrogens with zero attached hydrogens (tertiary/aromatic N) is 3. The van der Waals surface area contributed by atoms with Gasteiger partial charge in [0.05, 0.1) is 26.4 Å². The van der Waals surface area contributed by atoms with Gasteiger partial charge in [0.25, 0.3) is 0 Å². The molecule has 2 aliphatic heterocycles. The molecular formula is C42H53N7O10. The van der Waals surface area contributed by atoms with Gasteiger partial charge in [0.15, 0.2) is 0 Å². The van der Waals surface area contributed by atoms with Crippen LogP contribution in [-0.2, 0) is 52.8 Å². The van der Waals surface area contributed by atoms with E-state index in [9.17, 15) is 39.0 Å². The van der Waals surface area contributed by atoms with E-state index >= 15 is 0 Å². The smallest absolute Gasteiger partial charge is 0.407 e. The molecule has 2 aliphatic rings. The summed E-state index contributed by atoms with van der Waals surface area (Å²) in [6.45, 7) is 3.92. The summed E-state index contributed by atoms with van der Waals surface area (Å²) in [5, 5.41) is 25.5. The summed E-state index contributed by atoms with van der Waals surface area (Å²) < 4.78 is 9.28. The fourth-order valence-corrected chi connectivity index (χ4v) is 8.21. The Morgan fingerprint density at radius 2 is 1.03 bits per heavy atom. The quantitative estimate of drug-likeness (QED) is 0.129. The predicted molar refractivity (Wildman–Crippen MR) is 215 cm³/mol. The summed E-state index contributed by atoms with van der Waals surface area (Å²) in [4.78, 5) is 82.9. The van der Waals surface area contributed by atoms with E-state index in [-0.39, 0.29) is 25.9 Å². The zero-order valence-electron chi connectivity index (χ0n) is 33.6. The molecule has 0 unspecified atom stereocenters. The van der Waals surface area contributed by atoms with Crippen LogP contribution in [0.3, 0.4) is 0 Å². The fourth-order valence-electron chi connectivity index (χ4n) is 8.21. The average molecular weight is 816 g/mol. The maximum Gasteiger partial charge on any atom is 0.407 e. The number of alkyl carbamates (subject to hydrolysis) is 2. The number of carbonyl (C=O) groups is 6. The fraction of sp³-hybridized carbons (Fsp3) is 0.429. The molecule has 8 N–H and O–H groups in total. The number of amides is 6. The first-order chi connectivity index (χ1) is 28.1. The van der Waals surface area contributed by atoms with Crippen molar-refractivity contribution >= 4 is 41.5 Å². The lowest BCUT2D eigenvalue weighted by Crippen LogP contribution is -2.60. The second-order valence-corrected chi connectivity index (χ2v) is 14.9. The van der Waals surface area contributed by atoms with Crippen LogP contribution in [0.1, 0.15) is 61.8 Å². The molecule has 5 rings (SSSR count). The molecule has 0 aromatic heterocycles. The van der Waals surface area contributed by atoms with E-state index in [0.717, 1.165) is 31.0 Å². The highest BCUT2D eigenvalue weighted by atomic mass is 16.5. The number of anilines is 1. The molecular weight excluding hydrogens is 763 g/mol. The zero-order chi connectivity index (χ0) is 43.1. The zero-order valence-corrected chi connectivity index (χ0v) is 33.6. The van der Waals surface area contributed by atoms with E-state index < -0.39 is 71.2 Å². The number of aliphatic hydroxyl groups excluding tert-OH is 2. The Bertz CT molecular complexity index is 1870. The van der Waals surface area contributed by atoms with Crippen LogP contribution in [0.5, 0.6) is 0 Å². The second kappa shape index (κ2) is 18.6. The number of nitrogens with one attached hydrogen (secondary N) is 2. The van der Waals surface area contributed by atoms with Gasteiger partial charge in [0.2, 0.25) is 23.6 Å². The van der Waals surface area contributed by atoms with Crippen LogP contribution in [0.4, 0.5) is 15.3 Å². The van der Waals surface area contributed by atoms with Crippen LogP contribution >= 0.6 is 0 Å². The highest BCUT2D eigenvalue weighted by Crippen LogP contribution is 2.41. The topological polar surface area (TPSA) is 247 Å². The van der Waals surface area contributed by atoms with Gasteiger partial charge in [-0.15, -0.1) is 0 Å². The first-order valence-corrected chi connectivity index (χ1v) is 19.4.